The molecule has 3 aromatic carbocycles. The molecular formula is C25H34N2O3. The molecule has 0 spiro atoms. The highest BCUT2D eigenvalue weighted by molar-refractivity contribution is 6.11. The fraction of sp³-hybridized carbons (Fsp3) is 0.440. The first-order chi connectivity index (χ1) is 14.5. The summed E-state index contributed by atoms with van der Waals surface area (Å²) in [5.41, 5.74) is 0. The zero-order chi connectivity index (χ0) is 21.5. The van der Waals surface area contributed by atoms with Gasteiger partial charge in [0, 0.05) is 18.5 Å². The highest BCUT2D eigenvalue weighted by Crippen LogP contribution is 2.37. The minimum atomic E-state index is 0.702. The first-order valence-corrected chi connectivity index (χ1v) is 10.6. The molecule has 0 amide bonds. The third-order valence-electron chi connectivity index (χ3n) is 5.11. The van der Waals surface area contributed by atoms with Gasteiger partial charge in [-0.2, -0.15) is 0 Å². The van der Waals surface area contributed by atoms with E-state index >= 15 is 0 Å². The van der Waals surface area contributed by atoms with Crippen LogP contribution in [0.15, 0.2) is 42.5 Å². The van der Waals surface area contributed by atoms with Crippen molar-refractivity contribution in [3.8, 4) is 17.2 Å². The Hall–Kier alpha value is -2.50. The lowest BCUT2D eigenvalue weighted by molar-refractivity contribution is 0.281. The van der Waals surface area contributed by atoms with E-state index < -0.39 is 0 Å². The molecule has 0 aliphatic heterocycles. The van der Waals surface area contributed by atoms with Gasteiger partial charge in [0.2, 0.25) is 0 Å². The molecule has 0 radical (unpaired) electrons. The van der Waals surface area contributed by atoms with Crippen LogP contribution in [0.3, 0.4) is 0 Å². The van der Waals surface area contributed by atoms with E-state index in [9.17, 15) is 0 Å². The van der Waals surface area contributed by atoms with Crippen LogP contribution in [0.1, 0.15) is 12.8 Å². The molecule has 5 nitrogen and oxygen atoms in total. The molecular weight excluding hydrogens is 376 g/mol. The smallest absolute Gasteiger partial charge is 0.127 e. The number of fused-ring (bicyclic) bond motifs is 3. The number of hydrogen-bond donors (Lipinski definition) is 0. The van der Waals surface area contributed by atoms with Crippen molar-refractivity contribution in [1.29, 1.82) is 0 Å². The summed E-state index contributed by atoms with van der Waals surface area (Å²) in [4.78, 5) is 4.33. The fourth-order valence-electron chi connectivity index (χ4n) is 3.58. The third-order valence-corrected chi connectivity index (χ3v) is 5.11. The molecule has 0 bridgehead atoms. The molecule has 162 valence electrons. The van der Waals surface area contributed by atoms with Crippen LogP contribution in [-0.2, 0) is 0 Å². The lowest BCUT2D eigenvalue weighted by Crippen LogP contribution is -2.15. The van der Waals surface area contributed by atoms with E-state index in [1.165, 1.54) is 5.39 Å². The Labute approximate surface area is 180 Å². The SMILES string of the molecule is COc1cc2cc(OCCCN(C)C)ccc2c2ccc(OCCCN(C)C)cc12. The topological polar surface area (TPSA) is 34.2 Å². The van der Waals surface area contributed by atoms with Crippen molar-refractivity contribution in [2.75, 3.05) is 61.6 Å². The van der Waals surface area contributed by atoms with E-state index in [0.717, 1.165) is 59.3 Å². The second-order valence-electron chi connectivity index (χ2n) is 8.18. The zero-order valence-corrected chi connectivity index (χ0v) is 18.9. The molecule has 3 rings (SSSR count). The highest BCUT2D eigenvalue weighted by Gasteiger charge is 2.10. The Kier molecular flexibility index (Phi) is 7.77. The number of ether oxygens (including phenoxy) is 3. The van der Waals surface area contributed by atoms with E-state index in [2.05, 4.69) is 74.4 Å². The summed E-state index contributed by atoms with van der Waals surface area (Å²) in [5.74, 6) is 2.62. The Morgan fingerprint density at radius 3 is 1.80 bits per heavy atom. The van der Waals surface area contributed by atoms with Crippen LogP contribution in [-0.4, -0.2) is 71.4 Å². The summed E-state index contributed by atoms with van der Waals surface area (Å²) in [6.45, 7) is 3.45. The third kappa shape index (κ3) is 5.77. The van der Waals surface area contributed by atoms with E-state index in [1.54, 1.807) is 7.11 Å². The summed E-state index contributed by atoms with van der Waals surface area (Å²) >= 11 is 0. The maximum Gasteiger partial charge on any atom is 0.127 e. The maximum absolute atomic E-state index is 5.96. The molecule has 30 heavy (non-hydrogen) atoms. The molecule has 0 aromatic heterocycles. The van der Waals surface area contributed by atoms with E-state index in [-0.39, 0.29) is 0 Å². The van der Waals surface area contributed by atoms with E-state index in [0.29, 0.717) is 13.2 Å². The van der Waals surface area contributed by atoms with E-state index in [1.807, 2.05) is 6.07 Å². The predicted molar refractivity (Wildman–Crippen MR) is 125 cm³/mol. The largest absolute Gasteiger partial charge is 0.496 e. The lowest BCUT2D eigenvalue weighted by atomic mass is 10.0. The molecule has 0 heterocycles. The Bertz CT molecular complexity index is 969. The second kappa shape index (κ2) is 10.5. The Morgan fingerprint density at radius 2 is 1.23 bits per heavy atom. The van der Waals surface area contributed by atoms with Crippen LogP contribution in [0, 0.1) is 0 Å². The molecule has 0 unspecified atom stereocenters. The normalized spacial score (nSPS) is 11.6. The number of hydrogen-bond acceptors (Lipinski definition) is 5. The maximum atomic E-state index is 5.96. The van der Waals surface area contributed by atoms with Crippen molar-refractivity contribution in [3.63, 3.8) is 0 Å². The molecule has 0 saturated carbocycles. The first kappa shape index (κ1) is 22.2. The van der Waals surface area contributed by atoms with Crippen molar-refractivity contribution < 1.29 is 14.2 Å². The van der Waals surface area contributed by atoms with Crippen LogP contribution >= 0.6 is 0 Å². The fourth-order valence-corrected chi connectivity index (χ4v) is 3.58. The number of nitrogens with zero attached hydrogens (tertiary/aromatic N) is 2. The Balaban J connectivity index is 1.81. The molecule has 0 saturated heterocycles. The molecule has 0 aliphatic rings. The summed E-state index contributed by atoms with van der Waals surface area (Å²) in [7, 11) is 10.0. The molecule has 0 fully saturated rings. The van der Waals surface area contributed by atoms with Gasteiger partial charge in [-0.25, -0.2) is 0 Å². The average molecular weight is 411 g/mol. The van der Waals surface area contributed by atoms with Gasteiger partial charge in [-0.3, -0.25) is 0 Å². The molecule has 0 aliphatic carbocycles. The molecule has 3 aromatic rings. The number of rotatable bonds is 11. The van der Waals surface area contributed by atoms with Crippen molar-refractivity contribution in [2.24, 2.45) is 0 Å². The average Bonchev–Trinajstić information content (AvgIpc) is 2.73. The quantitative estimate of drug-likeness (QED) is 0.339. The van der Waals surface area contributed by atoms with Gasteiger partial charge < -0.3 is 24.0 Å². The standard InChI is InChI=1S/C25H34N2O3/c1-26(2)12-6-14-29-20-8-10-22-19(16-20)17-25(28-5)24-18-21(9-11-23(22)24)30-15-7-13-27(3)4/h8-11,16-18H,6-7,12-15H2,1-5H3. The summed E-state index contributed by atoms with van der Waals surface area (Å²) in [6.07, 6.45) is 2.00. The van der Waals surface area contributed by atoms with Crippen molar-refractivity contribution >= 4 is 21.5 Å². The second-order valence-corrected chi connectivity index (χ2v) is 8.18. The van der Waals surface area contributed by atoms with Crippen LogP contribution in [0.25, 0.3) is 21.5 Å². The van der Waals surface area contributed by atoms with Crippen LogP contribution in [0.5, 0.6) is 17.2 Å². The first-order valence-electron chi connectivity index (χ1n) is 10.6. The van der Waals surface area contributed by atoms with Gasteiger partial charge in [0.25, 0.3) is 0 Å². The summed E-state index contributed by atoms with van der Waals surface area (Å²) in [6, 6.07) is 14.6. The van der Waals surface area contributed by atoms with Gasteiger partial charge in [0.05, 0.1) is 20.3 Å². The van der Waals surface area contributed by atoms with Crippen LogP contribution in [0.2, 0.25) is 0 Å². The predicted octanol–water partition coefficient (Wildman–Crippen LogP) is 4.66. The van der Waals surface area contributed by atoms with Gasteiger partial charge in [0.15, 0.2) is 0 Å². The van der Waals surface area contributed by atoms with Crippen molar-refractivity contribution in [3.05, 3.63) is 42.5 Å². The van der Waals surface area contributed by atoms with Crippen molar-refractivity contribution in [2.45, 2.75) is 12.8 Å². The van der Waals surface area contributed by atoms with Gasteiger partial charge in [-0.1, -0.05) is 6.07 Å². The minimum absolute atomic E-state index is 0.702. The van der Waals surface area contributed by atoms with Gasteiger partial charge in [-0.15, -0.1) is 0 Å². The van der Waals surface area contributed by atoms with Crippen molar-refractivity contribution in [1.82, 2.24) is 9.80 Å². The van der Waals surface area contributed by atoms with Gasteiger partial charge in [-0.05, 0) is 93.6 Å². The van der Waals surface area contributed by atoms with E-state index in [4.69, 9.17) is 14.2 Å². The Morgan fingerprint density at radius 1 is 0.667 bits per heavy atom. The molecule has 0 atom stereocenters. The minimum Gasteiger partial charge on any atom is -0.496 e. The number of benzene rings is 3. The summed E-state index contributed by atoms with van der Waals surface area (Å²) < 4.78 is 17.6. The molecule has 0 N–H and O–H groups in total. The number of methoxy groups -OCH3 is 1. The monoisotopic (exact) mass is 410 g/mol. The van der Waals surface area contributed by atoms with Crippen LogP contribution in [0.4, 0.5) is 0 Å². The lowest BCUT2D eigenvalue weighted by Gasteiger charge is -2.14. The highest BCUT2D eigenvalue weighted by atomic mass is 16.5. The van der Waals surface area contributed by atoms with Gasteiger partial charge in [0.1, 0.15) is 17.2 Å². The molecule has 5 heteroatoms. The zero-order valence-electron chi connectivity index (χ0n) is 18.9. The van der Waals surface area contributed by atoms with Gasteiger partial charge >= 0.3 is 0 Å². The van der Waals surface area contributed by atoms with Crippen LogP contribution < -0.4 is 14.2 Å². The summed E-state index contributed by atoms with van der Waals surface area (Å²) in [5, 5.41) is 4.52.